The van der Waals surface area contributed by atoms with Crippen LogP contribution in [0.4, 0.5) is 5.69 Å². The topological polar surface area (TPSA) is 81.8 Å². The van der Waals surface area contributed by atoms with Crippen LogP contribution in [0.15, 0.2) is 18.2 Å². The Kier molecular flexibility index (Phi) is 3.53. The summed E-state index contributed by atoms with van der Waals surface area (Å²) in [4.78, 5) is 40.3. The molecule has 5 rings (SSSR count). The lowest BCUT2D eigenvalue weighted by molar-refractivity contribution is -0.136. The van der Waals surface area contributed by atoms with Crippen LogP contribution < -0.4 is 15.5 Å². The molecule has 4 aliphatic rings. The van der Waals surface area contributed by atoms with E-state index in [1.807, 2.05) is 12.1 Å². The van der Waals surface area contributed by atoms with Gasteiger partial charge in [-0.15, -0.1) is 0 Å². The van der Waals surface area contributed by atoms with Gasteiger partial charge in [-0.1, -0.05) is 0 Å². The first-order chi connectivity index (χ1) is 12.6. The number of piperidine rings is 1. The normalized spacial score (nSPS) is 30.6. The van der Waals surface area contributed by atoms with Crippen LogP contribution in [0.2, 0.25) is 0 Å². The number of amides is 3. The summed E-state index contributed by atoms with van der Waals surface area (Å²) in [5.41, 5.74) is 2.82. The van der Waals surface area contributed by atoms with Gasteiger partial charge in [-0.25, -0.2) is 0 Å². The largest absolute Gasteiger partial charge is 0.371 e. The summed E-state index contributed by atoms with van der Waals surface area (Å²) in [6.45, 7) is 4.74. The van der Waals surface area contributed by atoms with Gasteiger partial charge in [-0.05, 0) is 42.0 Å². The minimum Gasteiger partial charge on any atom is -0.371 e. The molecule has 0 aliphatic carbocycles. The van der Waals surface area contributed by atoms with E-state index in [1.165, 1.54) is 0 Å². The summed E-state index contributed by atoms with van der Waals surface area (Å²) >= 11 is 0. The lowest BCUT2D eigenvalue weighted by Crippen LogP contribution is -2.52. The third-order valence-corrected chi connectivity index (χ3v) is 6.26. The second kappa shape index (κ2) is 5.81. The zero-order valence-electron chi connectivity index (χ0n) is 14.5. The van der Waals surface area contributed by atoms with E-state index in [0.29, 0.717) is 30.4 Å². The van der Waals surface area contributed by atoms with Crippen LogP contribution in [-0.2, 0) is 16.1 Å². The molecule has 7 heteroatoms. The highest BCUT2D eigenvalue weighted by molar-refractivity contribution is 6.05. The fraction of sp³-hybridized carbons (Fsp3) is 0.526. The number of carbonyl (C=O) groups excluding carboxylic acids is 3. The summed E-state index contributed by atoms with van der Waals surface area (Å²) in [5, 5.41) is 5.80. The lowest BCUT2D eigenvalue weighted by atomic mass is 10.0. The Balaban J connectivity index is 1.36. The molecule has 3 atom stereocenters. The Labute approximate surface area is 151 Å². The predicted octanol–water partition coefficient (Wildman–Crippen LogP) is 0.103. The van der Waals surface area contributed by atoms with E-state index in [9.17, 15) is 14.4 Å². The first-order valence-corrected chi connectivity index (χ1v) is 9.33. The molecule has 0 saturated carbocycles. The second-order valence-corrected chi connectivity index (χ2v) is 7.82. The Hall–Kier alpha value is -2.41. The van der Waals surface area contributed by atoms with Crippen LogP contribution in [0.3, 0.4) is 0 Å². The number of anilines is 1. The molecule has 0 bridgehead atoms. The van der Waals surface area contributed by atoms with Crippen LogP contribution in [0.5, 0.6) is 0 Å². The summed E-state index contributed by atoms with van der Waals surface area (Å²) < 4.78 is 0. The van der Waals surface area contributed by atoms with Gasteiger partial charge in [0.25, 0.3) is 5.91 Å². The molecule has 3 saturated heterocycles. The average molecular weight is 354 g/mol. The number of carbonyl (C=O) groups is 3. The van der Waals surface area contributed by atoms with Crippen LogP contribution in [0.1, 0.15) is 28.8 Å². The van der Waals surface area contributed by atoms with E-state index in [2.05, 4.69) is 21.6 Å². The van der Waals surface area contributed by atoms with Crippen LogP contribution in [0.25, 0.3) is 0 Å². The zero-order valence-corrected chi connectivity index (χ0v) is 14.5. The van der Waals surface area contributed by atoms with Gasteiger partial charge in [0.15, 0.2) is 0 Å². The van der Waals surface area contributed by atoms with Crippen molar-refractivity contribution in [2.24, 2.45) is 11.8 Å². The fourth-order valence-corrected chi connectivity index (χ4v) is 4.82. The van der Waals surface area contributed by atoms with Crippen molar-refractivity contribution in [3.63, 3.8) is 0 Å². The van der Waals surface area contributed by atoms with Gasteiger partial charge in [0.2, 0.25) is 11.8 Å². The number of fused-ring (bicyclic) bond motifs is 2. The molecule has 4 heterocycles. The van der Waals surface area contributed by atoms with Crippen molar-refractivity contribution >= 4 is 23.4 Å². The van der Waals surface area contributed by atoms with Crippen molar-refractivity contribution in [1.82, 2.24) is 15.5 Å². The van der Waals surface area contributed by atoms with Gasteiger partial charge in [0, 0.05) is 50.4 Å². The molecular weight excluding hydrogens is 332 g/mol. The maximum absolute atomic E-state index is 12.8. The molecule has 0 spiro atoms. The van der Waals surface area contributed by atoms with Gasteiger partial charge in [-0.3, -0.25) is 19.7 Å². The number of hydrogen-bond donors (Lipinski definition) is 2. The van der Waals surface area contributed by atoms with E-state index in [0.717, 1.165) is 37.4 Å². The standard InChI is InChI=1S/C19H22N4O3/c24-17-4-3-16(18(25)21-17)23-10-11-5-14(1-2-15(11)19(23)26)22-8-12-6-20-7-13(12)9-22/h1-2,5,12-13,16,20H,3-4,6-10H2,(H,21,24,25). The molecule has 7 nitrogen and oxygen atoms in total. The maximum atomic E-state index is 12.8. The number of nitrogens with zero attached hydrogens (tertiary/aromatic N) is 2. The highest BCUT2D eigenvalue weighted by Gasteiger charge is 2.40. The Morgan fingerprint density at radius 2 is 1.81 bits per heavy atom. The summed E-state index contributed by atoms with van der Waals surface area (Å²) in [6, 6.07) is 5.48. The Morgan fingerprint density at radius 3 is 2.54 bits per heavy atom. The molecule has 26 heavy (non-hydrogen) atoms. The summed E-state index contributed by atoms with van der Waals surface area (Å²) in [7, 11) is 0. The summed E-state index contributed by atoms with van der Waals surface area (Å²) in [6.07, 6.45) is 0.687. The van der Waals surface area contributed by atoms with Crippen molar-refractivity contribution in [3.05, 3.63) is 29.3 Å². The lowest BCUT2D eigenvalue weighted by Gasteiger charge is -2.29. The van der Waals surface area contributed by atoms with Crippen molar-refractivity contribution in [2.75, 3.05) is 31.1 Å². The van der Waals surface area contributed by atoms with Gasteiger partial charge in [0.05, 0.1) is 0 Å². The first kappa shape index (κ1) is 15.8. The van der Waals surface area contributed by atoms with Crippen LogP contribution >= 0.6 is 0 Å². The molecule has 2 N–H and O–H groups in total. The minimum absolute atomic E-state index is 0.108. The fourth-order valence-electron chi connectivity index (χ4n) is 4.82. The van der Waals surface area contributed by atoms with E-state index in [1.54, 1.807) is 4.90 Å². The SMILES string of the molecule is O=C1CCC(N2Cc3cc(N4CC5CNCC5C4)ccc3C2=O)C(=O)N1. The highest BCUT2D eigenvalue weighted by atomic mass is 16.2. The molecule has 136 valence electrons. The van der Waals surface area contributed by atoms with Crippen molar-refractivity contribution < 1.29 is 14.4 Å². The smallest absolute Gasteiger partial charge is 0.255 e. The number of nitrogens with one attached hydrogen (secondary N) is 2. The maximum Gasteiger partial charge on any atom is 0.255 e. The number of imide groups is 1. The quantitative estimate of drug-likeness (QED) is 0.737. The molecule has 0 radical (unpaired) electrons. The van der Waals surface area contributed by atoms with Gasteiger partial charge in [-0.2, -0.15) is 0 Å². The number of benzene rings is 1. The molecule has 3 amide bonds. The predicted molar refractivity (Wildman–Crippen MR) is 94.5 cm³/mol. The van der Waals surface area contributed by atoms with Gasteiger partial charge < -0.3 is 15.1 Å². The zero-order chi connectivity index (χ0) is 17.8. The average Bonchev–Trinajstić information content (AvgIpc) is 3.28. The van der Waals surface area contributed by atoms with E-state index in [-0.39, 0.29) is 24.1 Å². The van der Waals surface area contributed by atoms with Gasteiger partial charge >= 0.3 is 0 Å². The van der Waals surface area contributed by atoms with Crippen molar-refractivity contribution in [3.8, 4) is 0 Å². The summed E-state index contributed by atoms with van der Waals surface area (Å²) in [5.74, 6) is 0.701. The first-order valence-electron chi connectivity index (χ1n) is 9.33. The van der Waals surface area contributed by atoms with Crippen molar-refractivity contribution in [2.45, 2.75) is 25.4 Å². The molecular formula is C19H22N4O3. The highest BCUT2D eigenvalue weighted by Crippen LogP contribution is 2.34. The molecule has 4 aliphatic heterocycles. The Bertz CT molecular complexity index is 796. The molecule has 1 aromatic rings. The van der Waals surface area contributed by atoms with E-state index < -0.39 is 6.04 Å². The second-order valence-electron chi connectivity index (χ2n) is 7.82. The number of hydrogen-bond acceptors (Lipinski definition) is 5. The van der Waals surface area contributed by atoms with E-state index in [4.69, 9.17) is 0 Å². The van der Waals surface area contributed by atoms with Crippen LogP contribution in [-0.4, -0.2) is 54.8 Å². The molecule has 0 aromatic heterocycles. The number of rotatable bonds is 2. The van der Waals surface area contributed by atoms with Crippen LogP contribution in [0, 0.1) is 11.8 Å². The molecule has 3 fully saturated rings. The monoisotopic (exact) mass is 354 g/mol. The van der Waals surface area contributed by atoms with E-state index >= 15 is 0 Å². The third kappa shape index (κ3) is 2.41. The van der Waals surface area contributed by atoms with Gasteiger partial charge in [0.1, 0.15) is 6.04 Å². The Morgan fingerprint density at radius 1 is 1.04 bits per heavy atom. The molecule has 1 aromatic carbocycles. The van der Waals surface area contributed by atoms with Crippen molar-refractivity contribution in [1.29, 1.82) is 0 Å². The molecule has 3 unspecified atom stereocenters. The third-order valence-electron chi connectivity index (χ3n) is 6.26. The minimum atomic E-state index is -0.548.